The zero-order valence-corrected chi connectivity index (χ0v) is 19.1. The molecule has 0 heterocycles. The maximum atomic E-state index is 12.4. The van der Waals surface area contributed by atoms with Crippen LogP contribution in [0.5, 0.6) is 0 Å². The summed E-state index contributed by atoms with van der Waals surface area (Å²) in [5.74, 6) is -2.45. The third kappa shape index (κ3) is 15.3. The van der Waals surface area contributed by atoms with E-state index in [0.717, 1.165) is 19.3 Å². The summed E-state index contributed by atoms with van der Waals surface area (Å²) >= 11 is 0. The Balaban J connectivity index is 4.07. The van der Waals surface area contributed by atoms with Crippen LogP contribution in [0, 0.1) is 0 Å². The van der Waals surface area contributed by atoms with Crippen molar-refractivity contribution in [3.05, 3.63) is 0 Å². The smallest absolute Gasteiger partial charge is 0.177 e. The van der Waals surface area contributed by atoms with Crippen LogP contribution < -0.4 is 5.11 Å². The third-order valence-electron chi connectivity index (χ3n) is 5.11. The van der Waals surface area contributed by atoms with Crippen LogP contribution in [0.3, 0.4) is 0 Å². The number of carboxylic acid groups (broad SMARTS) is 1. The van der Waals surface area contributed by atoms with Crippen molar-refractivity contribution in [2.75, 3.05) is 27.7 Å². The van der Waals surface area contributed by atoms with E-state index in [4.69, 9.17) is 0 Å². The number of unbranched alkanes of at least 4 members (excludes halogenated alkanes) is 10. The highest BCUT2D eigenvalue weighted by Gasteiger charge is 2.41. The minimum absolute atomic E-state index is 0.0778. The summed E-state index contributed by atoms with van der Waals surface area (Å²) in [5, 5.41) is 21.5. The summed E-state index contributed by atoms with van der Waals surface area (Å²) in [5.41, 5.74) is -2.07. The summed E-state index contributed by atoms with van der Waals surface area (Å²) in [6.45, 7) is 2.14. The maximum Gasteiger partial charge on any atom is 0.177 e. The number of aliphatic carboxylic acids is 1. The minimum atomic E-state index is -2.07. The molecule has 0 rings (SSSR count). The number of hydrogen-bond acceptors (Lipinski definition) is 5. The first-order valence-electron chi connectivity index (χ1n) is 11.3. The van der Waals surface area contributed by atoms with E-state index in [1.54, 1.807) is 21.1 Å². The molecule has 6 nitrogen and oxygen atoms in total. The molecular weight excluding hydrogens is 370 g/mol. The molecule has 0 aliphatic heterocycles. The molecule has 0 aromatic carbocycles. The van der Waals surface area contributed by atoms with Gasteiger partial charge in [-0.15, -0.1) is 0 Å². The van der Waals surface area contributed by atoms with E-state index >= 15 is 0 Å². The number of carbonyl (C=O) groups excluding carboxylic acids is 3. The van der Waals surface area contributed by atoms with Crippen molar-refractivity contribution in [1.29, 1.82) is 0 Å². The number of likely N-dealkylation sites (N-methyl/N-ethyl adjacent to an activating group) is 1. The van der Waals surface area contributed by atoms with Gasteiger partial charge in [0.15, 0.2) is 11.4 Å². The van der Waals surface area contributed by atoms with E-state index in [-0.39, 0.29) is 16.8 Å². The minimum Gasteiger partial charge on any atom is -0.550 e. The van der Waals surface area contributed by atoms with Crippen molar-refractivity contribution < 1.29 is 29.1 Å². The number of rotatable bonds is 19. The van der Waals surface area contributed by atoms with Gasteiger partial charge in [0, 0.05) is 18.8 Å². The monoisotopic (exact) mass is 413 g/mol. The molecule has 0 amide bonds. The molecule has 0 bridgehead atoms. The quantitative estimate of drug-likeness (QED) is 0.200. The van der Waals surface area contributed by atoms with E-state index in [1.165, 1.54) is 51.4 Å². The Morgan fingerprint density at radius 2 is 1.28 bits per heavy atom. The average Bonchev–Trinajstić information content (AvgIpc) is 2.57. The van der Waals surface area contributed by atoms with Crippen molar-refractivity contribution in [3.63, 3.8) is 0 Å². The van der Waals surface area contributed by atoms with Crippen molar-refractivity contribution in [3.8, 4) is 0 Å². The summed E-state index contributed by atoms with van der Waals surface area (Å²) in [7, 11) is 5.25. The fraction of sp³-hybridized carbons (Fsp3) is 0.870. The first kappa shape index (κ1) is 27.7. The lowest BCUT2D eigenvalue weighted by Crippen LogP contribution is -2.56. The Kier molecular flexibility index (Phi) is 14.0. The molecule has 0 aromatic heterocycles. The standard InChI is InChI=1S/C23H43NO5/c1-5-6-7-8-9-10-11-12-13-14-15-16-20(25)17-21(26)23(29,18-22(27)28)19-24(2,3)4/h29H,5-19H2,1-4H3. The summed E-state index contributed by atoms with van der Waals surface area (Å²) in [6, 6.07) is 0. The largest absolute Gasteiger partial charge is 0.550 e. The number of Topliss-reactive ketones (excluding diaryl/α,β-unsaturated/α-hetero) is 2. The fourth-order valence-corrected chi connectivity index (χ4v) is 3.68. The Hall–Kier alpha value is -1.27. The summed E-state index contributed by atoms with van der Waals surface area (Å²) in [4.78, 5) is 35.5. The molecule has 0 saturated carbocycles. The molecule has 0 saturated heterocycles. The number of hydrogen-bond donors (Lipinski definition) is 1. The SMILES string of the molecule is CCCCCCCCCCCCCC(=O)CC(=O)C(O)(CC(=O)[O-])C[N+](C)(C)C. The van der Waals surface area contributed by atoms with Gasteiger partial charge in [-0.3, -0.25) is 9.59 Å². The van der Waals surface area contributed by atoms with Gasteiger partial charge in [0.2, 0.25) is 0 Å². The molecule has 0 aliphatic rings. The molecule has 0 spiro atoms. The lowest BCUT2D eigenvalue weighted by Gasteiger charge is -2.34. The number of nitrogens with zero attached hydrogens (tertiary/aromatic N) is 1. The van der Waals surface area contributed by atoms with Gasteiger partial charge in [-0.25, -0.2) is 0 Å². The second-order valence-electron chi connectivity index (χ2n) is 9.45. The molecule has 0 fully saturated rings. The van der Waals surface area contributed by atoms with Crippen LogP contribution in [0.1, 0.15) is 96.8 Å². The number of quaternary nitrogens is 1. The van der Waals surface area contributed by atoms with Crippen LogP contribution in [0.25, 0.3) is 0 Å². The number of aliphatic hydroxyl groups is 1. The van der Waals surface area contributed by atoms with E-state index in [2.05, 4.69) is 6.92 Å². The van der Waals surface area contributed by atoms with Crippen molar-refractivity contribution in [1.82, 2.24) is 0 Å². The van der Waals surface area contributed by atoms with Gasteiger partial charge in [0.05, 0.1) is 27.6 Å². The second-order valence-corrected chi connectivity index (χ2v) is 9.45. The van der Waals surface area contributed by atoms with Crippen LogP contribution in [-0.2, 0) is 14.4 Å². The van der Waals surface area contributed by atoms with E-state index in [1.807, 2.05) is 0 Å². The van der Waals surface area contributed by atoms with Crippen molar-refractivity contribution in [2.24, 2.45) is 0 Å². The number of carbonyl (C=O) groups is 3. The lowest BCUT2D eigenvalue weighted by atomic mass is 9.89. The molecule has 29 heavy (non-hydrogen) atoms. The van der Waals surface area contributed by atoms with Crippen molar-refractivity contribution >= 4 is 17.5 Å². The Bertz CT molecular complexity index is 498. The Labute approximate surface area is 177 Å². The van der Waals surface area contributed by atoms with Gasteiger partial charge in [-0.1, -0.05) is 71.1 Å². The van der Waals surface area contributed by atoms with Crippen LogP contribution in [-0.4, -0.2) is 60.4 Å². The number of ketones is 2. The molecule has 0 aliphatic carbocycles. The molecule has 0 radical (unpaired) electrons. The molecule has 170 valence electrons. The van der Waals surface area contributed by atoms with E-state index < -0.39 is 30.2 Å². The topological polar surface area (TPSA) is 94.5 Å². The van der Waals surface area contributed by atoms with Crippen LogP contribution in [0.2, 0.25) is 0 Å². The van der Waals surface area contributed by atoms with Gasteiger partial charge in [-0.05, 0) is 6.42 Å². The van der Waals surface area contributed by atoms with E-state index in [9.17, 15) is 24.6 Å². The van der Waals surface area contributed by atoms with Gasteiger partial charge < -0.3 is 19.5 Å². The summed E-state index contributed by atoms with van der Waals surface area (Å²) in [6.07, 6.45) is 12.1. The molecule has 1 unspecified atom stereocenters. The van der Waals surface area contributed by atoms with Gasteiger partial charge >= 0.3 is 0 Å². The molecule has 1 atom stereocenters. The highest BCUT2D eigenvalue weighted by Crippen LogP contribution is 2.19. The predicted molar refractivity (Wildman–Crippen MR) is 113 cm³/mol. The Morgan fingerprint density at radius 3 is 1.69 bits per heavy atom. The third-order valence-corrected chi connectivity index (χ3v) is 5.11. The highest BCUT2D eigenvalue weighted by atomic mass is 16.4. The van der Waals surface area contributed by atoms with Crippen LogP contribution in [0.4, 0.5) is 0 Å². The van der Waals surface area contributed by atoms with Gasteiger partial charge in [0.1, 0.15) is 12.3 Å². The average molecular weight is 414 g/mol. The van der Waals surface area contributed by atoms with Crippen molar-refractivity contribution in [2.45, 2.75) is 102 Å². The zero-order valence-electron chi connectivity index (χ0n) is 19.1. The van der Waals surface area contributed by atoms with Crippen LogP contribution >= 0.6 is 0 Å². The molecule has 6 heteroatoms. The zero-order chi connectivity index (χ0) is 22.3. The predicted octanol–water partition coefficient (Wildman–Crippen LogP) is 2.79. The summed E-state index contributed by atoms with van der Waals surface area (Å²) < 4.78 is 0.211. The molecule has 1 N–H and O–H groups in total. The van der Waals surface area contributed by atoms with Crippen LogP contribution in [0.15, 0.2) is 0 Å². The van der Waals surface area contributed by atoms with Gasteiger partial charge in [0.25, 0.3) is 0 Å². The highest BCUT2D eigenvalue weighted by molar-refractivity contribution is 6.04. The maximum absolute atomic E-state index is 12.4. The second kappa shape index (κ2) is 14.7. The van der Waals surface area contributed by atoms with E-state index in [0.29, 0.717) is 6.42 Å². The first-order valence-corrected chi connectivity index (χ1v) is 11.3. The first-order chi connectivity index (χ1) is 13.5. The lowest BCUT2D eigenvalue weighted by molar-refractivity contribution is -0.875. The molecular formula is C23H43NO5. The molecule has 0 aromatic rings. The Morgan fingerprint density at radius 1 is 0.828 bits per heavy atom. The number of carboxylic acids is 1. The normalized spacial score (nSPS) is 13.8. The fourth-order valence-electron chi connectivity index (χ4n) is 3.68. The van der Waals surface area contributed by atoms with Gasteiger partial charge in [-0.2, -0.15) is 0 Å².